The third kappa shape index (κ3) is 4.67. The summed E-state index contributed by atoms with van der Waals surface area (Å²) in [5.41, 5.74) is 0.855. The molecule has 1 saturated carbocycles. The second-order valence-corrected chi connectivity index (χ2v) is 7.14. The number of hydrogen-bond acceptors (Lipinski definition) is 2. The van der Waals surface area contributed by atoms with Crippen LogP contribution in [0.5, 0.6) is 0 Å². The third-order valence-electron chi connectivity index (χ3n) is 4.38. The molecule has 0 radical (unpaired) electrons. The van der Waals surface area contributed by atoms with Crippen molar-refractivity contribution >= 4 is 21.9 Å². The second kappa shape index (κ2) is 7.62. The largest absolute Gasteiger partial charge is 0.357 e. The van der Waals surface area contributed by atoms with Crippen LogP contribution >= 0.6 is 15.9 Å². The summed E-state index contributed by atoms with van der Waals surface area (Å²) in [6.45, 7) is 5.60. The number of halogens is 2. The van der Waals surface area contributed by atoms with E-state index in [-0.39, 0.29) is 5.82 Å². The lowest BCUT2D eigenvalue weighted by atomic mass is 10.2. The van der Waals surface area contributed by atoms with Crippen LogP contribution in [0.3, 0.4) is 0 Å². The van der Waals surface area contributed by atoms with Gasteiger partial charge in [0.25, 0.3) is 0 Å². The van der Waals surface area contributed by atoms with Gasteiger partial charge in [0.2, 0.25) is 0 Å². The Balaban J connectivity index is 1.60. The van der Waals surface area contributed by atoms with Crippen molar-refractivity contribution in [1.29, 1.82) is 0 Å². The Morgan fingerprint density at radius 1 is 1.39 bits per heavy atom. The molecule has 3 rings (SSSR count). The highest BCUT2D eigenvalue weighted by Gasteiger charge is 2.34. The smallest absolute Gasteiger partial charge is 0.191 e. The van der Waals surface area contributed by atoms with Gasteiger partial charge in [-0.05, 0) is 49.9 Å². The first-order valence-electron chi connectivity index (χ1n) is 8.38. The van der Waals surface area contributed by atoms with Gasteiger partial charge in [0.05, 0.1) is 6.54 Å². The predicted octanol–water partition coefficient (Wildman–Crippen LogP) is 2.88. The molecule has 1 aliphatic heterocycles. The number of nitrogens with zero attached hydrogens (tertiary/aromatic N) is 2. The van der Waals surface area contributed by atoms with Crippen LogP contribution in [0.4, 0.5) is 4.39 Å². The zero-order valence-corrected chi connectivity index (χ0v) is 15.1. The Bertz CT molecular complexity index is 574. The number of aliphatic imine (C=N–C) groups is 1. The van der Waals surface area contributed by atoms with Crippen molar-refractivity contribution in [3.05, 3.63) is 34.1 Å². The summed E-state index contributed by atoms with van der Waals surface area (Å²) < 4.78 is 14.3. The first-order chi connectivity index (χ1) is 11.2. The number of rotatable bonds is 5. The lowest BCUT2D eigenvalue weighted by Crippen LogP contribution is -2.44. The van der Waals surface area contributed by atoms with Gasteiger partial charge in [-0.3, -0.25) is 4.90 Å². The Morgan fingerprint density at radius 3 is 2.96 bits per heavy atom. The molecule has 0 spiro atoms. The van der Waals surface area contributed by atoms with E-state index in [0.29, 0.717) is 12.6 Å². The van der Waals surface area contributed by atoms with Crippen LogP contribution < -0.4 is 10.6 Å². The molecule has 1 heterocycles. The number of likely N-dealkylation sites (tertiary alicyclic amines) is 1. The van der Waals surface area contributed by atoms with Crippen molar-refractivity contribution in [1.82, 2.24) is 15.5 Å². The van der Waals surface area contributed by atoms with Gasteiger partial charge >= 0.3 is 0 Å². The third-order valence-corrected chi connectivity index (χ3v) is 5.16. The molecule has 6 heteroatoms. The van der Waals surface area contributed by atoms with E-state index in [2.05, 4.69) is 43.4 Å². The molecular formula is C17H24BrFN4. The van der Waals surface area contributed by atoms with E-state index in [1.165, 1.54) is 31.5 Å². The summed E-state index contributed by atoms with van der Waals surface area (Å²) in [5.74, 6) is 0.582. The summed E-state index contributed by atoms with van der Waals surface area (Å²) >= 11 is 3.46. The molecule has 1 atom stereocenters. The molecule has 4 nitrogen and oxygen atoms in total. The van der Waals surface area contributed by atoms with Gasteiger partial charge in [0.15, 0.2) is 5.96 Å². The molecule has 1 unspecified atom stereocenters. The number of guanidine groups is 1. The van der Waals surface area contributed by atoms with Crippen molar-refractivity contribution in [3.63, 3.8) is 0 Å². The zero-order chi connectivity index (χ0) is 16.2. The minimum Gasteiger partial charge on any atom is -0.357 e. The van der Waals surface area contributed by atoms with Gasteiger partial charge in [-0.15, -0.1) is 0 Å². The predicted molar refractivity (Wildman–Crippen MR) is 95.1 cm³/mol. The molecule has 2 aliphatic rings. The van der Waals surface area contributed by atoms with Crippen molar-refractivity contribution in [2.24, 2.45) is 4.99 Å². The highest BCUT2D eigenvalue weighted by Crippen LogP contribution is 2.29. The van der Waals surface area contributed by atoms with Crippen molar-refractivity contribution in [2.45, 2.75) is 44.8 Å². The summed E-state index contributed by atoms with van der Waals surface area (Å²) in [4.78, 5) is 7.19. The molecule has 1 aromatic carbocycles. The Labute approximate surface area is 145 Å². The zero-order valence-electron chi connectivity index (χ0n) is 13.5. The highest BCUT2D eigenvalue weighted by molar-refractivity contribution is 9.10. The molecule has 2 fully saturated rings. The van der Waals surface area contributed by atoms with Gasteiger partial charge in [0.1, 0.15) is 5.82 Å². The van der Waals surface area contributed by atoms with E-state index in [9.17, 15) is 4.39 Å². The lowest BCUT2D eigenvalue weighted by molar-refractivity contribution is 0.321. The molecule has 1 saturated heterocycles. The van der Waals surface area contributed by atoms with E-state index >= 15 is 0 Å². The highest BCUT2D eigenvalue weighted by atomic mass is 79.9. The number of hydrogen-bond donors (Lipinski definition) is 2. The second-order valence-electron chi connectivity index (χ2n) is 6.29. The summed E-state index contributed by atoms with van der Waals surface area (Å²) in [5, 5.41) is 6.81. The molecule has 0 amide bonds. The average Bonchev–Trinajstić information content (AvgIpc) is 3.28. The van der Waals surface area contributed by atoms with Crippen LogP contribution in [-0.2, 0) is 6.54 Å². The molecule has 1 aromatic rings. The Hall–Kier alpha value is -1.14. The lowest BCUT2D eigenvalue weighted by Gasteiger charge is -2.18. The van der Waals surface area contributed by atoms with Gasteiger partial charge in [-0.2, -0.15) is 0 Å². The van der Waals surface area contributed by atoms with E-state index in [1.54, 1.807) is 6.07 Å². The first-order valence-corrected chi connectivity index (χ1v) is 9.18. The average molecular weight is 383 g/mol. The monoisotopic (exact) mass is 382 g/mol. The van der Waals surface area contributed by atoms with E-state index in [1.807, 2.05) is 0 Å². The summed E-state index contributed by atoms with van der Waals surface area (Å²) in [6, 6.07) is 5.98. The van der Waals surface area contributed by atoms with Gasteiger partial charge in [-0.1, -0.05) is 15.9 Å². The van der Waals surface area contributed by atoms with Crippen LogP contribution in [0.15, 0.2) is 27.7 Å². The topological polar surface area (TPSA) is 39.7 Å². The van der Waals surface area contributed by atoms with Crippen LogP contribution in [0.25, 0.3) is 0 Å². The summed E-state index contributed by atoms with van der Waals surface area (Å²) in [6.07, 6.45) is 3.87. The normalized spacial score (nSPS) is 22.4. The number of nitrogens with one attached hydrogen (secondary N) is 2. The van der Waals surface area contributed by atoms with E-state index in [4.69, 9.17) is 0 Å². The van der Waals surface area contributed by atoms with Crippen LogP contribution in [0.1, 0.15) is 31.7 Å². The minimum absolute atomic E-state index is 0.229. The Morgan fingerprint density at radius 2 is 2.22 bits per heavy atom. The summed E-state index contributed by atoms with van der Waals surface area (Å²) in [7, 11) is 0. The van der Waals surface area contributed by atoms with E-state index < -0.39 is 0 Å². The van der Waals surface area contributed by atoms with Gasteiger partial charge in [-0.25, -0.2) is 9.38 Å². The first kappa shape index (κ1) is 16.7. The Kier molecular flexibility index (Phi) is 5.54. The molecule has 23 heavy (non-hydrogen) atoms. The van der Waals surface area contributed by atoms with Crippen LogP contribution in [0, 0.1) is 5.82 Å². The van der Waals surface area contributed by atoms with Crippen LogP contribution in [-0.4, -0.2) is 42.6 Å². The van der Waals surface area contributed by atoms with Crippen molar-refractivity contribution < 1.29 is 4.39 Å². The van der Waals surface area contributed by atoms with Gasteiger partial charge < -0.3 is 10.6 Å². The number of benzene rings is 1. The fourth-order valence-corrected chi connectivity index (χ4v) is 3.39. The molecule has 126 valence electrons. The minimum atomic E-state index is -0.229. The molecule has 0 bridgehead atoms. The maximum Gasteiger partial charge on any atom is 0.191 e. The molecule has 1 aliphatic carbocycles. The maximum atomic E-state index is 13.4. The van der Waals surface area contributed by atoms with Crippen molar-refractivity contribution in [2.75, 3.05) is 19.6 Å². The fourth-order valence-electron chi connectivity index (χ4n) is 3.02. The maximum absolute atomic E-state index is 13.4. The standard InChI is InChI=1S/C17H24BrFN4/c1-2-20-17(21-10-12-9-13(19)3-6-16(12)18)22-14-7-8-23(11-14)15-4-5-15/h3,6,9,14-15H,2,4-5,7-8,10-11H2,1H3,(H2,20,21,22). The van der Waals surface area contributed by atoms with E-state index in [0.717, 1.165) is 41.5 Å². The van der Waals surface area contributed by atoms with Crippen molar-refractivity contribution in [3.8, 4) is 0 Å². The quantitative estimate of drug-likeness (QED) is 0.607. The SMILES string of the molecule is CCNC(=NCc1cc(F)ccc1Br)NC1CCN(C2CC2)C1. The van der Waals surface area contributed by atoms with Crippen LogP contribution in [0.2, 0.25) is 0 Å². The van der Waals surface area contributed by atoms with Gasteiger partial charge in [0, 0.05) is 36.2 Å². The molecule has 0 aromatic heterocycles. The molecule has 2 N–H and O–H groups in total. The molecular weight excluding hydrogens is 359 g/mol. The fraction of sp³-hybridized carbons (Fsp3) is 0.588.